The number of hydrogen-bond acceptors (Lipinski definition) is 4. The summed E-state index contributed by atoms with van der Waals surface area (Å²) in [5.41, 5.74) is 6.00. The van der Waals surface area contributed by atoms with Gasteiger partial charge >= 0.3 is 0 Å². The van der Waals surface area contributed by atoms with Crippen LogP contribution in [0, 0.1) is 5.82 Å². The van der Waals surface area contributed by atoms with Crippen molar-refractivity contribution >= 4 is 23.0 Å². The van der Waals surface area contributed by atoms with E-state index in [4.69, 9.17) is 11.6 Å². The van der Waals surface area contributed by atoms with Crippen molar-refractivity contribution in [3.05, 3.63) is 89.9 Å². The summed E-state index contributed by atoms with van der Waals surface area (Å²) in [6, 6.07) is 11.9. The molecule has 2 aromatic heterocycles. The van der Waals surface area contributed by atoms with E-state index < -0.39 is 0 Å². The lowest BCUT2D eigenvalue weighted by molar-refractivity contribution is 0.609. The first kappa shape index (κ1) is 15.4. The van der Waals surface area contributed by atoms with Crippen molar-refractivity contribution in [2.75, 3.05) is 5.01 Å². The summed E-state index contributed by atoms with van der Waals surface area (Å²) in [6.45, 7) is 0. The first-order valence-electron chi connectivity index (χ1n) is 7.57. The Balaban J connectivity index is 1.68. The minimum absolute atomic E-state index is 0.336. The lowest BCUT2D eigenvalue weighted by Crippen LogP contribution is -2.34. The third kappa shape index (κ3) is 2.99. The van der Waals surface area contributed by atoms with Crippen LogP contribution in [0.15, 0.2) is 73.2 Å². The number of aromatic nitrogens is 3. The number of hydrazine groups is 1. The van der Waals surface area contributed by atoms with Gasteiger partial charge in [-0.1, -0.05) is 23.7 Å². The SMILES string of the molecule is Fc1ccccc1-n1nccc1C1=CC=CN(c2ccnc(Cl)c2)N1. The maximum Gasteiger partial charge on any atom is 0.148 e. The molecule has 0 fully saturated rings. The zero-order valence-corrected chi connectivity index (χ0v) is 13.7. The summed E-state index contributed by atoms with van der Waals surface area (Å²) in [7, 11) is 0. The Kier molecular flexibility index (Phi) is 3.95. The van der Waals surface area contributed by atoms with E-state index >= 15 is 0 Å². The molecule has 25 heavy (non-hydrogen) atoms. The van der Waals surface area contributed by atoms with Gasteiger partial charge in [-0.2, -0.15) is 5.10 Å². The van der Waals surface area contributed by atoms with E-state index in [-0.39, 0.29) is 5.82 Å². The molecule has 0 saturated carbocycles. The third-order valence-corrected chi connectivity index (χ3v) is 3.93. The van der Waals surface area contributed by atoms with E-state index in [1.807, 2.05) is 35.5 Å². The average molecular weight is 354 g/mol. The van der Waals surface area contributed by atoms with Gasteiger partial charge < -0.3 is 0 Å². The van der Waals surface area contributed by atoms with Crippen molar-refractivity contribution in [2.24, 2.45) is 0 Å². The molecule has 0 spiro atoms. The average Bonchev–Trinajstić information content (AvgIpc) is 3.12. The molecule has 3 heterocycles. The molecule has 124 valence electrons. The number of rotatable bonds is 3. The Morgan fingerprint density at radius 2 is 1.96 bits per heavy atom. The standard InChI is InChI=1S/C18H13ClFN5/c19-18-12-13(7-9-21-18)24-11-3-5-15(23-24)17-8-10-22-25(17)16-6-2-1-4-14(16)20/h1-12,23H. The second-order valence-corrected chi connectivity index (χ2v) is 5.71. The highest BCUT2D eigenvalue weighted by atomic mass is 35.5. The molecule has 0 aliphatic carbocycles. The number of halogens is 2. The summed E-state index contributed by atoms with van der Waals surface area (Å²) in [6.07, 6.45) is 8.91. The van der Waals surface area contributed by atoms with Crippen LogP contribution in [-0.2, 0) is 0 Å². The van der Waals surface area contributed by atoms with Crippen molar-refractivity contribution < 1.29 is 4.39 Å². The number of allylic oxidation sites excluding steroid dienone is 2. The molecule has 1 aromatic carbocycles. The summed E-state index contributed by atoms with van der Waals surface area (Å²) >= 11 is 5.96. The fourth-order valence-electron chi connectivity index (χ4n) is 2.59. The zero-order valence-electron chi connectivity index (χ0n) is 13.0. The smallest absolute Gasteiger partial charge is 0.148 e. The number of nitrogens with one attached hydrogen (secondary N) is 1. The van der Waals surface area contributed by atoms with E-state index in [1.165, 1.54) is 6.07 Å². The Bertz CT molecular complexity index is 979. The maximum absolute atomic E-state index is 14.1. The molecule has 0 radical (unpaired) electrons. The molecule has 0 amide bonds. The van der Waals surface area contributed by atoms with Gasteiger partial charge in [0.05, 0.1) is 23.3 Å². The second-order valence-electron chi connectivity index (χ2n) is 5.32. The van der Waals surface area contributed by atoms with Crippen LogP contribution in [0.5, 0.6) is 0 Å². The van der Waals surface area contributed by atoms with Crippen LogP contribution in [0.4, 0.5) is 10.1 Å². The van der Waals surface area contributed by atoms with Crippen LogP contribution in [0.25, 0.3) is 11.4 Å². The lowest BCUT2D eigenvalue weighted by Gasteiger charge is -2.27. The third-order valence-electron chi connectivity index (χ3n) is 3.73. The second kappa shape index (κ2) is 6.41. The molecule has 1 aliphatic heterocycles. The summed E-state index contributed by atoms with van der Waals surface area (Å²) in [4.78, 5) is 3.98. The first-order valence-corrected chi connectivity index (χ1v) is 7.95. The Labute approximate surface area is 148 Å². The van der Waals surface area contributed by atoms with E-state index in [2.05, 4.69) is 15.5 Å². The highest BCUT2D eigenvalue weighted by molar-refractivity contribution is 6.29. The van der Waals surface area contributed by atoms with Crippen LogP contribution < -0.4 is 10.4 Å². The highest BCUT2D eigenvalue weighted by Gasteiger charge is 2.16. The Morgan fingerprint density at radius 3 is 2.80 bits per heavy atom. The van der Waals surface area contributed by atoms with Crippen molar-refractivity contribution in [3.63, 3.8) is 0 Å². The molecule has 0 atom stereocenters. The topological polar surface area (TPSA) is 46.0 Å². The van der Waals surface area contributed by atoms with Gasteiger partial charge in [0.1, 0.15) is 16.7 Å². The fourth-order valence-corrected chi connectivity index (χ4v) is 2.76. The minimum Gasteiger partial charge on any atom is -0.292 e. The van der Waals surface area contributed by atoms with Gasteiger partial charge in [-0.15, -0.1) is 0 Å². The molecule has 5 nitrogen and oxygen atoms in total. The largest absolute Gasteiger partial charge is 0.292 e. The van der Waals surface area contributed by atoms with Gasteiger partial charge in [0.15, 0.2) is 0 Å². The predicted molar refractivity (Wildman–Crippen MR) is 95.5 cm³/mol. The number of pyridine rings is 1. The molecule has 1 aliphatic rings. The van der Waals surface area contributed by atoms with Crippen molar-refractivity contribution in [2.45, 2.75) is 0 Å². The van der Waals surface area contributed by atoms with Crippen molar-refractivity contribution in [1.82, 2.24) is 20.2 Å². The zero-order chi connectivity index (χ0) is 17.2. The molecular formula is C18H13ClFN5. The Morgan fingerprint density at radius 1 is 1.08 bits per heavy atom. The fraction of sp³-hybridized carbons (Fsp3) is 0. The molecule has 0 saturated heterocycles. The predicted octanol–water partition coefficient (Wildman–Crippen LogP) is 3.94. The lowest BCUT2D eigenvalue weighted by atomic mass is 10.2. The van der Waals surface area contributed by atoms with Crippen LogP contribution >= 0.6 is 11.6 Å². The molecular weight excluding hydrogens is 341 g/mol. The Hall–Kier alpha value is -3.12. The quantitative estimate of drug-likeness (QED) is 0.724. The van der Waals surface area contributed by atoms with Crippen LogP contribution in [0.1, 0.15) is 5.69 Å². The van der Waals surface area contributed by atoms with Crippen LogP contribution in [0.2, 0.25) is 5.15 Å². The first-order chi connectivity index (χ1) is 12.2. The maximum atomic E-state index is 14.1. The molecule has 0 unspecified atom stereocenters. The van der Waals surface area contributed by atoms with E-state index in [9.17, 15) is 4.39 Å². The van der Waals surface area contributed by atoms with Crippen LogP contribution in [-0.4, -0.2) is 14.8 Å². The molecule has 4 rings (SSSR count). The normalized spacial score (nSPS) is 13.5. The van der Waals surface area contributed by atoms with E-state index in [1.54, 1.807) is 41.3 Å². The van der Waals surface area contributed by atoms with Gasteiger partial charge in [0.2, 0.25) is 0 Å². The summed E-state index contributed by atoms with van der Waals surface area (Å²) in [5, 5.41) is 6.47. The van der Waals surface area contributed by atoms with E-state index in [0.29, 0.717) is 10.8 Å². The van der Waals surface area contributed by atoms with Gasteiger partial charge in [-0.25, -0.2) is 14.1 Å². The number of nitrogens with zero attached hydrogens (tertiary/aromatic N) is 4. The monoisotopic (exact) mass is 353 g/mol. The van der Waals surface area contributed by atoms with Gasteiger partial charge in [0.25, 0.3) is 0 Å². The van der Waals surface area contributed by atoms with Gasteiger partial charge in [0, 0.05) is 18.5 Å². The summed E-state index contributed by atoms with van der Waals surface area (Å²) in [5.74, 6) is -0.336. The molecule has 7 heteroatoms. The summed E-state index contributed by atoms with van der Waals surface area (Å²) < 4.78 is 15.7. The highest BCUT2D eigenvalue weighted by Crippen LogP contribution is 2.24. The number of para-hydroxylation sites is 1. The van der Waals surface area contributed by atoms with Crippen LogP contribution in [0.3, 0.4) is 0 Å². The number of hydrogen-bond donors (Lipinski definition) is 1. The number of benzene rings is 1. The minimum atomic E-state index is -0.336. The molecule has 0 bridgehead atoms. The van der Waals surface area contributed by atoms with Crippen molar-refractivity contribution in [1.29, 1.82) is 0 Å². The van der Waals surface area contributed by atoms with Gasteiger partial charge in [-0.3, -0.25) is 10.4 Å². The molecule has 3 aromatic rings. The van der Waals surface area contributed by atoms with E-state index in [0.717, 1.165) is 17.1 Å². The van der Waals surface area contributed by atoms with Crippen molar-refractivity contribution in [3.8, 4) is 5.69 Å². The molecule has 1 N–H and O–H groups in total. The van der Waals surface area contributed by atoms with Gasteiger partial charge in [-0.05, 0) is 36.4 Å². The number of anilines is 1.